The number of Topliss-reactive ketones (excluding diaryl/α,β-unsaturated/α-hetero) is 1. The van der Waals surface area contributed by atoms with Crippen LogP contribution >= 0.6 is 15.9 Å². The third kappa shape index (κ3) is 4.52. The molecule has 1 aromatic heterocycles. The van der Waals surface area contributed by atoms with E-state index in [-0.39, 0.29) is 12.4 Å². The summed E-state index contributed by atoms with van der Waals surface area (Å²) in [6.07, 6.45) is 1.93. The van der Waals surface area contributed by atoms with E-state index in [1.54, 1.807) is 13.8 Å². The summed E-state index contributed by atoms with van der Waals surface area (Å²) in [6, 6.07) is 13.3. The van der Waals surface area contributed by atoms with E-state index in [1.165, 1.54) is 6.20 Å². The summed E-state index contributed by atoms with van der Waals surface area (Å²) in [5, 5.41) is 4.12. The van der Waals surface area contributed by atoms with Gasteiger partial charge in [-0.2, -0.15) is 0 Å². The first-order valence-corrected chi connectivity index (χ1v) is 9.38. The summed E-state index contributed by atoms with van der Waals surface area (Å²) in [4.78, 5) is 28.1. The van der Waals surface area contributed by atoms with Crippen molar-refractivity contribution in [3.05, 3.63) is 64.3 Å². The van der Waals surface area contributed by atoms with E-state index in [0.717, 1.165) is 26.6 Å². The molecule has 0 saturated carbocycles. The van der Waals surface area contributed by atoms with Crippen LogP contribution in [0.1, 0.15) is 29.8 Å². The standard InChI is InChI=1S/C21H19BrN2O3/c1-3-27-21(26)18-12-23-19-9-6-15(22)11-17(19)20(18)24-16-7-4-14(5-8-16)10-13(2)25/h4-9,11-12H,3,10H2,1-2H3,(H,23,24). The average molecular weight is 427 g/mol. The number of ketones is 1. The number of nitrogens with one attached hydrogen (secondary N) is 1. The van der Waals surface area contributed by atoms with Crippen molar-refractivity contribution in [2.24, 2.45) is 0 Å². The van der Waals surface area contributed by atoms with Gasteiger partial charge in [-0.25, -0.2) is 4.79 Å². The van der Waals surface area contributed by atoms with Crippen LogP contribution in [0.25, 0.3) is 10.9 Å². The second-order valence-electron chi connectivity index (χ2n) is 6.13. The molecule has 0 saturated heterocycles. The Kier molecular flexibility index (Phi) is 5.86. The molecule has 0 aliphatic heterocycles. The minimum atomic E-state index is -0.428. The molecule has 138 valence electrons. The normalized spacial score (nSPS) is 10.6. The molecule has 0 radical (unpaired) electrons. The first-order valence-electron chi connectivity index (χ1n) is 8.58. The second kappa shape index (κ2) is 8.31. The lowest BCUT2D eigenvalue weighted by molar-refractivity contribution is -0.116. The van der Waals surface area contributed by atoms with E-state index in [4.69, 9.17) is 4.74 Å². The van der Waals surface area contributed by atoms with Crippen molar-refractivity contribution in [2.45, 2.75) is 20.3 Å². The number of nitrogens with zero attached hydrogens (tertiary/aromatic N) is 1. The zero-order valence-electron chi connectivity index (χ0n) is 15.1. The molecule has 1 N–H and O–H groups in total. The smallest absolute Gasteiger partial charge is 0.341 e. The molecule has 0 amide bonds. The number of hydrogen-bond donors (Lipinski definition) is 1. The van der Waals surface area contributed by atoms with Gasteiger partial charge in [0.05, 0.1) is 17.8 Å². The van der Waals surface area contributed by atoms with Gasteiger partial charge in [-0.1, -0.05) is 28.1 Å². The highest BCUT2D eigenvalue weighted by Gasteiger charge is 2.17. The number of carbonyl (C=O) groups excluding carboxylic acids is 2. The summed E-state index contributed by atoms with van der Waals surface area (Å²) in [5.74, 6) is -0.312. The molecule has 27 heavy (non-hydrogen) atoms. The van der Waals surface area contributed by atoms with Gasteiger partial charge in [0, 0.05) is 28.2 Å². The molecule has 6 heteroatoms. The van der Waals surface area contributed by atoms with Crippen LogP contribution in [0.3, 0.4) is 0 Å². The summed E-state index contributed by atoms with van der Waals surface area (Å²) in [5.41, 5.74) is 3.53. The first-order chi connectivity index (χ1) is 13.0. The monoisotopic (exact) mass is 426 g/mol. The molecule has 0 atom stereocenters. The Morgan fingerprint density at radius 2 is 1.89 bits per heavy atom. The maximum atomic E-state index is 12.4. The molecule has 0 aliphatic rings. The number of pyridine rings is 1. The lowest BCUT2D eigenvalue weighted by Crippen LogP contribution is -2.09. The molecule has 1 heterocycles. The number of carbonyl (C=O) groups is 2. The zero-order chi connectivity index (χ0) is 19.4. The number of esters is 1. The maximum absolute atomic E-state index is 12.4. The van der Waals surface area contributed by atoms with E-state index in [2.05, 4.69) is 26.2 Å². The predicted octanol–water partition coefficient (Wildman–Crippen LogP) is 5.05. The predicted molar refractivity (Wildman–Crippen MR) is 110 cm³/mol. The van der Waals surface area contributed by atoms with Crippen LogP contribution in [0.15, 0.2) is 53.1 Å². The molecule has 0 aliphatic carbocycles. The Bertz CT molecular complexity index is 1000. The van der Waals surface area contributed by atoms with Crippen LogP contribution in [0.2, 0.25) is 0 Å². The fourth-order valence-corrected chi connectivity index (χ4v) is 3.16. The zero-order valence-corrected chi connectivity index (χ0v) is 16.7. The number of aromatic nitrogens is 1. The van der Waals surface area contributed by atoms with Gasteiger partial charge in [0.1, 0.15) is 11.3 Å². The largest absolute Gasteiger partial charge is 0.462 e. The highest BCUT2D eigenvalue weighted by molar-refractivity contribution is 9.10. The van der Waals surface area contributed by atoms with Crippen molar-refractivity contribution >= 4 is 50.0 Å². The van der Waals surface area contributed by atoms with Gasteiger partial charge in [-0.3, -0.25) is 9.78 Å². The number of rotatable bonds is 6. The van der Waals surface area contributed by atoms with Gasteiger partial charge in [-0.05, 0) is 49.7 Å². The fraction of sp³-hybridized carbons (Fsp3) is 0.190. The Balaban J connectivity index is 2.04. The first kappa shape index (κ1) is 19.0. The van der Waals surface area contributed by atoms with Crippen LogP contribution < -0.4 is 5.32 Å². The molecule has 2 aromatic carbocycles. The number of hydrogen-bond acceptors (Lipinski definition) is 5. The lowest BCUT2D eigenvalue weighted by Gasteiger charge is -2.14. The summed E-state index contributed by atoms with van der Waals surface area (Å²) in [7, 11) is 0. The number of ether oxygens (including phenoxy) is 1. The maximum Gasteiger partial charge on any atom is 0.341 e. The summed E-state index contributed by atoms with van der Waals surface area (Å²) < 4.78 is 6.07. The quantitative estimate of drug-likeness (QED) is 0.558. The highest BCUT2D eigenvalue weighted by Crippen LogP contribution is 2.31. The molecule has 3 rings (SSSR count). The van der Waals surface area contributed by atoms with Crippen molar-refractivity contribution < 1.29 is 14.3 Å². The van der Waals surface area contributed by atoms with Crippen LogP contribution in [0, 0.1) is 0 Å². The molecule has 3 aromatic rings. The van der Waals surface area contributed by atoms with E-state index >= 15 is 0 Å². The molecule has 0 unspecified atom stereocenters. The van der Waals surface area contributed by atoms with Crippen molar-refractivity contribution in [1.29, 1.82) is 0 Å². The van der Waals surface area contributed by atoms with Gasteiger partial charge in [0.2, 0.25) is 0 Å². The van der Waals surface area contributed by atoms with Crippen molar-refractivity contribution in [3.8, 4) is 0 Å². The molecular weight excluding hydrogens is 408 g/mol. The number of anilines is 2. The third-order valence-corrected chi connectivity index (χ3v) is 4.49. The van der Waals surface area contributed by atoms with Crippen molar-refractivity contribution in [3.63, 3.8) is 0 Å². The number of fused-ring (bicyclic) bond motifs is 1. The molecule has 0 bridgehead atoms. The topological polar surface area (TPSA) is 68.3 Å². The van der Waals surface area contributed by atoms with Crippen LogP contribution in [0.4, 0.5) is 11.4 Å². The van der Waals surface area contributed by atoms with Crippen LogP contribution in [-0.4, -0.2) is 23.3 Å². The third-order valence-electron chi connectivity index (χ3n) is 4.00. The second-order valence-corrected chi connectivity index (χ2v) is 7.05. The fourth-order valence-electron chi connectivity index (χ4n) is 2.80. The van der Waals surface area contributed by atoms with E-state index in [0.29, 0.717) is 17.7 Å². The van der Waals surface area contributed by atoms with E-state index < -0.39 is 5.97 Å². The van der Waals surface area contributed by atoms with Gasteiger partial charge in [0.15, 0.2) is 0 Å². The van der Waals surface area contributed by atoms with Crippen LogP contribution in [-0.2, 0) is 16.0 Å². The minimum Gasteiger partial charge on any atom is -0.462 e. The van der Waals surface area contributed by atoms with Gasteiger partial charge in [0.25, 0.3) is 0 Å². The molecule has 0 fully saturated rings. The van der Waals surface area contributed by atoms with E-state index in [9.17, 15) is 9.59 Å². The Labute approximate surface area is 165 Å². The van der Waals surface area contributed by atoms with Crippen molar-refractivity contribution in [1.82, 2.24) is 4.98 Å². The summed E-state index contributed by atoms with van der Waals surface area (Å²) >= 11 is 3.47. The minimum absolute atomic E-state index is 0.116. The van der Waals surface area contributed by atoms with Crippen molar-refractivity contribution in [2.75, 3.05) is 11.9 Å². The Hall–Kier alpha value is -2.73. The van der Waals surface area contributed by atoms with Gasteiger partial charge >= 0.3 is 5.97 Å². The lowest BCUT2D eigenvalue weighted by atomic mass is 10.1. The Morgan fingerprint density at radius 1 is 1.15 bits per heavy atom. The van der Waals surface area contributed by atoms with Gasteiger partial charge < -0.3 is 10.1 Å². The average Bonchev–Trinajstić information content (AvgIpc) is 2.63. The van der Waals surface area contributed by atoms with Crippen LogP contribution in [0.5, 0.6) is 0 Å². The number of benzene rings is 2. The number of halogens is 1. The molecule has 0 spiro atoms. The SMILES string of the molecule is CCOC(=O)c1cnc2ccc(Br)cc2c1Nc1ccc(CC(C)=O)cc1. The molecular formula is C21H19BrN2O3. The van der Waals surface area contributed by atoms with Gasteiger partial charge in [-0.15, -0.1) is 0 Å². The Morgan fingerprint density at radius 3 is 2.56 bits per heavy atom. The van der Waals surface area contributed by atoms with E-state index in [1.807, 2.05) is 42.5 Å². The summed E-state index contributed by atoms with van der Waals surface area (Å²) in [6.45, 7) is 3.62. The highest BCUT2D eigenvalue weighted by atomic mass is 79.9. The molecule has 5 nitrogen and oxygen atoms in total.